The van der Waals surface area contributed by atoms with Crippen molar-refractivity contribution in [1.82, 2.24) is 5.32 Å². The number of Topliss-reactive ketones (excluding diaryl/α,β-unsaturated/α-hetero) is 1. The predicted molar refractivity (Wildman–Crippen MR) is 138 cm³/mol. The fourth-order valence-corrected chi connectivity index (χ4v) is 4.30. The molecular weight excluding hydrogens is 410 g/mol. The molecule has 1 aromatic carbocycles. The van der Waals surface area contributed by atoms with Crippen LogP contribution < -0.4 is 5.32 Å². The van der Waals surface area contributed by atoms with E-state index in [9.17, 15) is 9.59 Å². The third kappa shape index (κ3) is 9.41. The standard InChI is InChI=1S/C18H29NO2.C11H14O/c1-5-8-16(13-17(7-3)21-4)19-18(20)15-11-9-14(6-2)10-12-15;1-4-10-8(2)6-5-7-11(10)9(3)12/h5,7-8,13-15H,6,9-12H2,1-4H3,(H,19,20);5-7H,4H2,1-3H3/b8-5-,16-13+,17-7+;. The lowest BCUT2D eigenvalue weighted by Gasteiger charge is -2.27. The molecule has 182 valence electrons. The molecule has 1 amide bonds. The average molecular weight is 454 g/mol. The number of benzene rings is 1. The smallest absolute Gasteiger partial charge is 0.227 e. The molecule has 0 heterocycles. The largest absolute Gasteiger partial charge is 0.497 e. The molecule has 0 saturated heterocycles. The molecule has 1 saturated carbocycles. The van der Waals surface area contributed by atoms with E-state index in [1.807, 2.05) is 63.3 Å². The Morgan fingerprint density at radius 2 is 1.79 bits per heavy atom. The second-order valence-electron chi connectivity index (χ2n) is 8.62. The first kappa shape index (κ1) is 28.4. The van der Waals surface area contributed by atoms with Crippen molar-refractivity contribution in [2.75, 3.05) is 7.11 Å². The van der Waals surface area contributed by atoms with Crippen molar-refractivity contribution in [3.8, 4) is 0 Å². The molecule has 0 radical (unpaired) electrons. The number of rotatable bonds is 8. The maximum atomic E-state index is 12.4. The zero-order chi connectivity index (χ0) is 24.8. The first-order valence-corrected chi connectivity index (χ1v) is 12.3. The van der Waals surface area contributed by atoms with E-state index < -0.39 is 0 Å². The summed E-state index contributed by atoms with van der Waals surface area (Å²) in [6, 6.07) is 5.88. The van der Waals surface area contributed by atoms with Crippen molar-refractivity contribution in [2.45, 2.75) is 80.1 Å². The Morgan fingerprint density at radius 1 is 1.12 bits per heavy atom. The number of nitrogens with one attached hydrogen (secondary N) is 1. The van der Waals surface area contributed by atoms with Crippen LogP contribution in [0.5, 0.6) is 0 Å². The fourth-order valence-electron chi connectivity index (χ4n) is 4.30. The van der Waals surface area contributed by atoms with E-state index in [0.717, 1.165) is 42.2 Å². The predicted octanol–water partition coefficient (Wildman–Crippen LogP) is 7.09. The topological polar surface area (TPSA) is 55.4 Å². The van der Waals surface area contributed by atoms with Gasteiger partial charge in [-0.15, -0.1) is 0 Å². The van der Waals surface area contributed by atoms with Gasteiger partial charge in [-0.05, 0) is 89.0 Å². The summed E-state index contributed by atoms with van der Waals surface area (Å²) in [5.74, 6) is 2.01. The Balaban J connectivity index is 0.000000383. The van der Waals surface area contributed by atoms with Gasteiger partial charge in [-0.2, -0.15) is 0 Å². The van der Waals surface area contributed by atoms with Crippen LogP contribution in [-0.2, 0) is 16.0 Å². The maximum absolute atomic E-state index is 12.4. The van der Waals surface area contributed by atoms with Gasteiger partial charge in [-0.25, -0.2) is 0 Å². The maximum Gasteiger partial charge on any atom is 0.227 e. The summed E-state index contributed by atoms with van der Waals surface area (Å²) in [4.78, 5) is 23.6. The highest BCUT2D eigenvalue weighted by Gasteiger charge is 2.25. The Morgan fingerprint density at radius 3 is 2.24 bits per heavy atom. The van der Waals surface area contributed by atoms with Gasteiger partial charge < -0.3 is 10.1 Å². The molecule has 0 aromatic heterocycles. The molecule has 33 heavy (non-hydrogen) atoms. The van der Waals surface area contributed by atoms with Gasteiger partial charge in [0.15, 0.2) is 5.78 Å². The van der Waals surface area contributed by atoms with Gasteiger partial charge in [0.05, 0.1) is 7.11 Å². The molecule has 4 nitrogen and oxygen atoms in total. The highest BCUT2D eigenvalue weighted by molar-refractivity contribution is 5.95. The molecular formula is C29H43NO3. The SMILES string of the molecule is CCc1c(C)cccc1C(C)=O.C\C=C/C(=C\C(=C/C)OC)NC(=O)C1CCC(CC)CC1. The number of ketones is 1. The molecule has 0 spiro atoms. The molecule has 4 heteroatoms. The molecule has 0 atom stereocenters. The number of methoxy groups -OCH3 is 1. The lowest BCUT2D eigenvalue weighted by atomic mass is 9.80. The van der Waals surface area contributed by atoms with Gasteiger partial charge in [-0.3, -0.25) is 9.59 Å². The van der Waals surface area contributed by atoms with Crippen molar-refractivity contribution >= 4 is 11.7 Å². The van der Waals surface area contributed by atoms with Crippen LogP contribution in [0.25, 0.3) is 0 Å². The number of hydrogen-bond donors (Lipinski definition) is 1. The zero-order valence-electron chi connectivity index (χ0n) is 21.7. The van der Waals surface area contributed by atoms with Crippen LogP contribution in [0, 0.1) is 18.8 Å². The Hall–Kier alpha value is -2.62. The quantitative estimate of drug-likeness (QED) is 0.260. The van der Waals surface area contributed by atoms with Crippen molar-refractivity contribution in [3.05, 3.63) is 70.6 Å². The summed E-state index contributed by atoms with van der Waals surface area (Å²) in [5, 5.41) is 3.03. The van der Waals surface area contributed by atoms with Crippen molar-refractivity contribution in [2.24, 2.45) is 11.8 Å². The second-order valence-corrected chi connectivity index (χ2v) is 8.62. The minimum atomic E-state index is 0.139. The van der Waals surface area contributed by atoms with Crippen LogP contribution in [0.15, 0.2) is 54.0 Å². The Kier molecular flexibility index (Phi) is 13.1. The molecule has 1 aromatic rings. The minimum Gasteiger partial charge on any atom is -0.497 e. The highest BCUT2D eigenvalue weighted by Crippen LogP contribution is 2.30. The van der Waals surface area contributed by atoms with E-state index in [-0.39, 0.29) is 17.6 Å². The zero-order valence-corrected chi connectivity index (χ0v) is 21.7. The van der Waals surface area contributed by atoms with Crippen LogP contribution in [0.3, 0.4) is 0 Å². The van der Waals surface area contributed by atoms with E-state index in [4.69, 9.17) is 4.74 Å². The average Bonchev–Trinajstić information content (AvgIpc) is 2.82. The first-order chi connectivity index (χ1) is 15.8. The molecule has 1 aliphatic rings. The van der Waals surface area contributed by atoms with Gasteiger partial charge in [-0.1, -0.05) is 44.5 Å². The van der Waals surface area contributed by atoms with Gasteiger partial charge in [0.1, 0.15) is 5.76 Å². The van der Waals surface area contributed by atoms with Gasteiger partial charge in [0, 0.05) is 23.3 Å². The fraction of sp³-hybridized carbons (Fsp3) is 0.517. The van der Waals surface area contributed by atoms with Gasteiger partial charge in [0.2, 0.25) is 5.91 Å². The van der Waals surface area contributed by atoms with Crippen LogP contribution in [0.1, 0.15) is 88.2 Å². The number of carbonyl (C=O) groups excluding carboxylic acids is 2. The third-order valence-electron chi connectivity index (χ3n) is 6.37. The number of ether oxygens (including phenoxy) is 1. The van der Waals surface area contributed by atoms with Gasteiger partial charge in [0.25, 0.3) is 0 Å². The summed E-state index contributed by atoms with van der Waals surface area (Å²) in [6.07, 6.45) is 14.1. The lowest BCUT2D eigenvalue weighted by Crippen LogP contribution is -2.32. The minimum absolute atomic E-state index is 0.139. The van der Waals surface area contributed by atoms with E-state index in [1.165, 1.54) is 30.4 Å². The van der Waals surface area contributed by atoms with Crippen molar-refractivity contribution in [1.29, 1.82) is 0 Å². The Labute approximate surface area is 201 Å². The monoisotopic (exact) mass is 453 g/mol. The number of amides is 1. The summed E-state index contributed by atoms with van der Waals surface area (Å²) < 4.78 is 5.23. The number of aryl methyl sites for hydroxylation is 1. The van der Waals surface area contributed by atoms with Gasteiger partial charge >= 0.3 is 0 Å². The van der Waals surface area contributed by atoms with Crippen LogP contribution in [-0.4, -0.2) is 18.8 Å². The molecule has 0 bridgehead atoms. The first-order valence-electron chi connectivity index (χ1n) is 12.3. The molecule has 2 rings (SSSR count). The molecule has 1 fully saturated rings. The van der Waals surface area contributed by atoms with E-state index in [1.54, 1.807) is 14.0 Å². The molecule has 1 aliphatic carbocycles. The van der Waals surface area contributed by atoms with E-state index in [0.29, 0.717) is 0 Å². The summed E-state index contributed by atoms with van der Waals surface area (Å²) >= 11 is 0. The number of hydrogen-bond acceptors (Lipinski definition) is 3. The lowest BCUT2D eigenvalue weighted by molar-refractivity contribution is -0.125. The number of allylic oxidation sites excluding steroid dienone is 4. The van der Waals surface area contributed by atoms with E-state index >= 15 is 0 Å². The normalized spacial score (nSPS) is 19.0. The summed E-state index contributed by atoms with van der Waals surface area (Å²) in [7, 11) is 1.63. The number of carbonyl (C=O) groups is 2. The Bertz CT molecular complexity index is 856. The second kappa shape index (κ2) is 15.3. The third-order valence-corrected chi connectivity index (χ3v) is 6.37. The highest BCUT2D eigenvalue weighted by atomic mass is 16.5. The van der Waals surface area contributed by atoms with Crippen LogP contribution in [0.4, 0.5) is 0 Å². The summed E-state index contributed by atoms with van der Waals surface area (Å²) in [5.41, 5.74) is 4.06. The van der Waals surface area contributed by atoms with Crippen molar-refractivity contribution < 1.29 is 14.3 Å². The van der Waals surface area contributed by atoms with E-state index in [2.05, 4.69) is 19.2 Å². The van der Waals surface area contributed by atoms with Crippen LogP contribution >= 0.6 is 0 Å². The van der Waals surface area contributed by atoms with Crippen molar-refractivity contribution in [3.63, 3.8) is 0 Å². The molecule has 0 unspecified atom stereocenters. The van der Waals surface area contributed by atoms with Crippen LogP contribution in [0.2, 0.25) is 0 Å². The molecule has 0 aliphatic heterocycles. The summed E-state index contributed by atoms with van der Waals surface area (Å²) in [6.45, 7) is 11.8. The molecule has 1 N–H and O–H groups in total.